The first kappa shape index (κ1) is 15.4. The van der Waals surface area contributed by atoms with E-state index in [0.717, 1.165) is 16.9 Å². The molecule has 5 heteroatoms. The van der Waals surface area contributed by atoms with Crippen molar-refractivity contribution in [3.8, 4) is 5.75 Å². The molecule has 3 rings (SSSR count). The van der Waals surface area contributed by atoms with Crippen molar-refractivity contribution in [1.82, 2.24) is 4.90 Å². The van der Waals surface area contributed by atoms with Crippen LogP contribution < -0.4 is 9.64 Å². The molecule has 2 aromatic rings. The molecule has 4 nitrogen and oxygen atoms in total. The highest BCUT2D eigenvalue weighted by atomic mass is 35.5. The van der Waals surface area contributed by atoms with Crippen molar-refractivity contribution >= 4 is 34.5 Å². The number of anilines is 2. The monoisotopic (exact) mass is 328 g/mol. The van der Waals surface area contributed by atoms with Crippen molar-refractivity contribution in [2.24, 2.45) is 0 Å². The number of carbonyl (C=O) groups is 1. The molecule has 0 fully saturated rings. The average molecular weight is 329 g/mol. The number of rotatable bonds is 3. The van der Waals surface area contributed by atoms with E-state index in [9.17, 15) is 4.79 Å². The van der Waals surface area contributed by atoms with Gasteiger partial charge in [-0.2, -0.15) is 0 Å². The zero-order chi connectivity index (χ0) is 16.6. The van der Waals surface area contributed by atoms with E-state index in [2.05, 4.69) is 0 Å². The molecule has 2 aromatic carbocycles. The van der Waals surface area contributed by atoms with Crippen LogP contribution in [-0.4, -0.2) is 32.0 Å². The second kappa shape index (κ2) is 5.97. The van der Waals surface area contributed by atoms with E-state index in [-0.39, 0.29) is 5.91 Å². The van der Waals surface area contributed by atoms with Crippen LogP contribution in [0.5, 0.6) is 5.75 Å². The van der Waals surface area contributed by atoms with Gasteiger partial charge in [-0.05, 0) is 36.4 Å². The lowest BCUT2D eigenvalue weighted by atomic mass is 10.1. The first-order chi connectivity index (χ1) is 11.0. The molecule has 0 unspecified atom stereocenters. The van der Waals surface area contributed by atoms with Gasteiger partial charge in [-0.3, -0.25) is 9.69 Å². The lowest BCUT2D eigenvalue weighted by Crippen LogP contribution is -2.21. The number of hydrogen-bond acceptors (Lipinski definition) is 3. The zero-order valence-electron chi connectivity index (χ0n) is 13.2. The van der Waals surface area contributed by atoms with Gasteiger partial charge in [0.25, 0.3) is 5.91 Å². The maximum absolute atomic E-state index is 13.0. The van der Waals surface area contributed by atoms with Crippen LogP contribution in [0.3, 0.4) is 0 Å². The number of hydrogen-bond donors (Lipinski definition) is 0. The van der Waals surface area contributed by atoms with Gasteiger partial charge in [0.1, 0.15) is 5.75 Å². The Morgan fingerprint density at radius 1 is 1.17 bits per heavy atom. The maximum atomic E-state index is 13.0. The highest BCUT2D eigenvalue weighted by Gasteiger charge is 2.34. The van der Waals surface area contributed by atoms with E-state index in [1.54, 1.807) is 24.1 Å². The molecule has 0 saturated heterocycles. The number of fused-ring (bicyclic) bond motifs is 1. The minimum atomic E-state index is -0.0794. The summed E-state index contributed by atoms with van der Waals surface area (Å²) in [6.45, 7) is 0. The molecule has 1 aliphatic rings. The summed E-state index contributed by atoms with van der Waals surface area (Å²) in [5.41, 5.74) is 3.05. The molecular weight excluding hydrogens is 312 g/mol. The van der Waals surface area contributed by atoms with Crippen LogP contribution in [0.4, 0.5) is 11.4 Å². The van der Waals surface area contributed by atoms with Gasteiger partial charge in [0.2, 0.25) is 0 Å². The molecule has 0 aromatic heterocycles. The average Bonchev–Trinajstić information content (AvgIpc) is 2.78. The molecule has 23 heavy (non-hydrogen) atoms. The van der Waals surface area contributed by atoms with Crippen molar-refractivity contribution in [2.45, 2.75) is 0 Å². The van der Waals surface area contributed by atoms with Crippen molar-refractivity contribution in [3.63, 3.8) is 0 Å². The minimum Gasteiger partial charge on any atom is -0.497 e. The predicted molar refractivity (Wildman–Crippen MR) is 93.3 cm³/mol. The van der Waals surface area contributed by atoms with Gasteiger partial charge < -0.3 is 9.64 Å². The van der Waals surface area contributed by atoms with Crippen LogP contribution in [0.2, 0.25) is 5.02 Å². The number of ether oxygens (including phenoxy) is 1. The fourth-order valence-electron chi connectivity index (χ4n) is 2.65. The lowest BCUT2D eigenvalue weighted by Gasteiger charge is -2.17. The van der Waals surface area contributed by atoms with E-state index in [4.69, 9.17) is 16.3 Å². The number of amides is 1. The van der Waals surface area contributed by atoms with Gasteiger partial charge >= 0.3 is 0 Å². The molecule has 0 saturated carbocycles. The van der Waals surface area contributed by atoms with Crippen molar-refractivity contribution in [1.29, 1.82) is 0 Å². The Hall–Kier alpha value is -2.46. The number of benzene rings is 2. The Labute approximate surface area is 140 Å². The van der Waals surface area contributed by atoms with Gasteiger partial charge in [-0.1, -0.05) is 17.7 Å². The summed E-state index contributed by atoms with van der Waals surface area (Å²) in [7, 11) is 5.40. The SMILES string of the molecule is COc1ccc2c(c1)/C(=C/N(C)C)C(=O)N2c1cccc(Cl)c1. The van der Waals surface area contributed by atoms with E-state index < -0.39 is 0 Å². The molecule has 0 spiro atoms. The van der Waals surface area contributed by atoms with E-state index in [0.29, 0.717) is 16.3 Å². The Morgan fingerprint density at radius 2 is 1.96 bits per heavy atom. The normalized spacial score (nSPS) is 15.0. The number of nitrogens with zero attached hydrogens (tertiary/aromatic N) is 2. The lowest BCUT2D eigenvalue weighted by molar-refractivity contribution is -0.112. The standard InChI is InChI=1S/C18H17ClN2O2/c1-20(2)11-16-15-10-14(23-3)7-8-17(15)21(18(16)22)13-6-4-5-12(19)9-13/h4-11H,1-3H3/b16-11-. The van der Waals surface area contributed by atoms with Crippen LogP contribution in [0.15, 0.2) is 48.7 Å². The third-order valence-electron chi connectivity index (χ3n) is 3.62. The second-order valence-electron chi connectivity index (χ2n) is 5.51. The van der Waals surface area contributed by atoms with Crippen LogP contribution in [0.25, 0.3) is 5.57 Å². The quantitative estimate of drug-likeness (QED) is 0.800. The molecule has 0 radical (unpaired) electrons. The molecule has 0 N–H and O–H groups in total. The smallest absolute Gasteiger partial charge is 0.265 e. The summed E-state index contributed by atoms with van der Waals surface area (Å²) < 4.78 is 5.30. The van der Waals surface area contributed by atoms with Gasteiger partial charge in [-0.15, -0.1) is 0 Å². The number of halogens is 1. The second-order valence-corrected chi connectivity index (χ2v) is 5.95. The van der Waals surface area contributed by atoms with Gasteiger partial charge in [0.15, 0.2) is 0 Å². The van der Waals surface area contributed by atoms with Crippen LogP contribution >= 0.6 is 11.6 Å². The first-order valence-electron chi connectivity index (χ1n) is 7.18. The molecule has 118 valence electrons. The summed E-state index contributed by atoms with van der Waals surface area (Å²) in [5.74, 6) is 0.637. The van der Waals surface area contributed by atoms with Gasteiger partial charge in [-0.25, -0.2) is 0 Å². The minimum absolute atomic E-state index is 0.0794. The summed E-state index contributed by atoms with van der Waals surface area (Å²) >= 11 is 6.09. The summed E-state index contributed by atoms with van der Waals surface area (Å²) in [6.07, 6.45) is 1.82. The Balaban J connectivity index is 2.19. The molecule has 0 bridgehead atoms. The third kappa shape index (κ3) is 2.78. The fourth-order valence-corrected chi connectivity index (χ4v) is 2.84. The molecule has 1 heterocycles. The molecule has 1 aliphatic heterocycles. The highest BCUT2D eigenvalue weighted by Crippen LogP contribution is 2.43. The number of methoxy groups -OCH3 is 1. The highest BCUT2D eigenvalue weighted by molar-refractivity contribution is 6.35. The Morgan fingerprint density at radius 3 is 2.61 bits per heavy atom. The zero-order valence-corrected chi connectivity index (χ0v) is 14.0. The van der Waals surface area contributed by atoms with Crippen LogP contribution in [0.1, 0.15) is 5.56 Å². The Bertz CT molecular complexity index is 799. The van der Waals surface area contributed by atoms with E-state index in [1.807, 2.05) is 55.5 Å². The van der Waals surface area contributed by atoms with Crippen LogP contribution in [0, 0.1) is 0 Å². The molecule has 1 amide bonds. The van der Waals surface area contributed by atoms with Crippen LogP contribution in [-0.2, 0) is 4.79 Å². The van der Waals surface area contributed by atoms with Crippen molar-refractivity contribution < 1.29 is 9.53 Å². The van der Waals surface area contributed by atoms with Gasteiger partial charge in [0, 0.05) is 30.9 Å². The van der Waals surface area contributed by atoms with E-state index >= 15 is 0 Å². The van der Waals surface area contributed by atoms with Gasteiger partial charge in [0.05, 0.1) is 24.1 Å². The fraction of sp³-hybridized carbons (Fsp3) is 0.167. The summed E-state index contributed by atoms with van der Waals surface area (Å²) in [6, 6.07) is 12.9. The topological polar surface area (TPSA) is 32.8 Å². The number of carbonyl (C=O) groups excluding carboxylic acids is 1. The summed E-state index contributed by atoms with van der Waals surface area (Å²) in [5, 5.41) is 0.593. The molecule has 0 atom stereocenters. The predicted octanol–water partition coefficient (Wildman–Crippen LogP) is 3.93. The van der Waals surface area contributed by atoms with Crippen molar-refractivity contribution in [3.05, 3.63) is 59.3 Å². The maximum Gasteiger partial charge on any atom is 0.265 e. The van der Waals surface area contributed by atoms with E-state index in [1.165, 1.54) is 0 Å². The third-order valence-corrected chi connectivity index (χ3v) is 3.86. The Kier molecular flexibility index (Phi) is 4.01. The van der Waals surface area contributed by atoms with Crippen molar-refractivity contribution in [2.75, 3.05) is 26.1 Å². The summed E-state index contributed by atoms with van der Waals surface area (Å²) in [4.78, 5) is 16.5. The molecule has 0 aliphatic carbocycles. The first-order valence-corrected chi connectivity index (χ1v) is 7.55. The largest absolute Gasteiger partial charge is 0.497 e. The molecular formula is C18H17ClN2O2.